The SMILES string of the molecule is OC1c2ccccc2CC1N1CCC(O)(c2cccc3c2OCCO3)CC1. The molecule has 2 atom stereocenters. The second kappa shape index (κ2) is 6.51. The number of hydrogen-bond acceptors (Lipinski definition) is 5. The van der Waals surface area contributed by atoms with Crippen molar-refractivity contribution < 1.29 is 19.7 Å². The fourth-order valence-electron chi connectivity index (χ4n) is 4.82. The zero-order chi connectivity index (χ0) is 18.4. The first-order chi connectivity index (χ1) is 13.2. The molecule has 0 spiro atoms. The molecule has 0 saturated carbocycles. The van der Waals surface area contributed by atoms with E-state index in [0.717, 1.165) is 36.4 Å². The van der Waals surface area contributed by atoms with Crippen LogP contribution in [0.4, 0.5) is 0 Å². The van der Waals surface area contributed by atoms with Gasteiger partial charge < -0.3 is 19.7 Å². The monoisotopic (exact) mass is 367 g/mol. The number of aliphatic hydroxyl groups is 2. The lowest BCUT2D eigenvalue weighted by Gasteiger charge is -2.42. The molecule has 5 rings (SSSR count). The fourth-order valence-corrected chi connectivity index (χ4v) is 4.82. The number of benzene rings is 2. The quantitative estimate of drug-likeness (QED) is 0.854. The van der Waals surface area contributed by atoms with Gasteiger partial charge in [0.1, 0.15) is 13.2 Å². The van der Waals surface area contributed by atoms with Crippen molar-refractivity contribution in [1.82, 2.24) is 4.90 Å². The third-order valence-corrected chi connectivity index (χ3v) is 6.33. The van der Waals surface area contributed by atoms with E-state index >= 15 is 0 Å². The minimum Gasteiger partial charge on any atom is -0.486 e. The number of likely N-dealkylation sites (tertiary alicyclic amines) is 1. The third-order valence-electron chi connectivity index (χ3n) is 6.33. The van der Waals surface area contributed by atoms with Gasteiger partial charge in [-0.3, -0.25) is 4.90 Å². The highest BCUT2D eigenvalue weighted by molar-refractivity contribution is 5.50. The number of aliphatic hydroxyl groups excluding tert-OH is 1. The summed E-state index contributed by atoms with van der Waals surface area (Å²) in [5, 5.41) is 22.1. The summed E-state index contributed by atoms with van der Waals surface area (Å²) < 4.78 is 11.5. The first kappa shape index (κ1) is 17.0. The van der Waals surface area contributed by atoms with Crippen LogP contribution >= 0.6 is 0 Å². The summed E-state index contributed by atoms with van der Waals surface area (Å²) in [7, 11) is 0. The summed E-state index contributed by atoms with van der Waals surface area (Å²) in [4.78, 5) is 2.33. The highest BCUT2D eigenvalue weighted by atomic mass is 16.6. The Balaban J connectivity index is 1.34. The van der Waals surface area contributed by atoms with E-state index in [-0.39, 0.29) is 6.04 Å². The highest BCUT2D eigenvalue weighted by Gasteiger charge is 2.42. The summed E-state index contributed by atoms with van der Waals surface area (Å²) in [5.74, 6) is 1.41. The maximum Gasteiger partial charge on any atom is 0.167 e. The smallest absolute Gasteiger partial charge is 0.167 e. The number of rotatable bonds is 2. The van der Waals surface area contributed by atoms with Gasteiger partial charge in [-0.1, -0.05) is 36.4 Å². The van der Waals surface area contributed by atoms with Crippen LogP contribution in [0.5, 0.6) is 11.5 Å². The largest absolute Gasteiger partial charge is 0.486 e. The summed E-state index contributed by atoms with van der Waals surface area (Å²) in [6.07, 6.45) is 1.65. The summed E-state index contributed by atoms with van der Waals surface area (Å²) in [6, 6.07) is 14.0. The zero-order valence-corrected chi connectivity index (χ0v) is 15.3. The van der Waals surface area contributed by atoms with E-state index in [9.17, 15) is 10.2 Å². The molecule has 2 aliphatic heterocycles. The maximum atomic E-state index is 11.4. The molecule has 5 heteroatoms. The van der Waals surface area contributed by atoms with Gasteiger partial charge in [-0.15, -0.1) is 0 Å². The predicted molar refractivity (Wildman–Crippen MR) is 101 cm³/mol. The molecule has 1 aliphatic carbocycles. The molecule has 0 radical (unpaired) electrons. The van der Waals surface area contributed by atoms with Crippen LogP contribution in [0, 0.1) is 0 Å². The van der Waals surface area contributed by atoms with E-state index in [1.165, 1.54) is 5.56 Å². The third kappa shape index (κ3) is 2.81. The Labute approximate surface area is 159 Å². The summed E-state index contributed by atoms with van der Waals surface area (Å²) >= 11 is 0. The minimum atomic E-state index is -0.918. The van der Waals surface area contributed by atoms with E-state index < -0.39 is 11.7 Å². The molecule has 0 bridgehead atoms. The normalized spacial score (nSPS) is 26.6. The van der Waals surface area contributed by atoms with E-state index in [4.69, 9.17) is 9.47 Å². The van der Waals surface area contributed by atoms with E-state index in [1.807, 2.05) is 36.4 Å². The lowest BCUT2D eigenvalue weighted by atomic mass is 9.83. The van der Waals surface area contributed by atoms with E-state index in [2.05, 4.69) is 11.0 Å². The van der Waals surface area contributed by atoms with Crippen molar-refractivity contribution in [2.24, 2.45) is 0 Å². The number of hydrogen-bond donors (Lipinski definition) is 2. The van der Waals surface area contributed by atoms with Crippen LogP contribution in [0.2, 0.25) is 0 Å². The fraction of sp³-hybridized carbons (Fsp3) is 0.455. The first-order valence-electron chi connectivity index (χ1n) is 9.77. The second-order valence-electron chi connectivity index (χ2n) is 7.81. The number of nitrogens with zero attached hydrogens (tertiary/aromatic N) is 1. The van der Waals surface area contributed by atoms with Gasteiger partial charge in [-0.25, -0.2) is 0 Å². The average molecular weight is 367 g/mol. The second-order valence-corrected chi connectivity index (χ2v) is 7.81. The van der Waals surface area contributed by atoms with Gasteiger partial charge >= 0.3 is 0 Å². The Morgan fingerprint density at radius 2 is 1.74 bits per heavy atom. The summed E-state index contributed by atoms with van der Waals surface area (Å²) in [6.45, 7) is 2.55. The van der Waals surface area contributed by atoms with Gasteiger partial charge in [0.15, 0.2) is 11.5 Å². The van der Waals surface area contributed by atoms with Gasteiger partial charge in [0, 0.05) is 24.7 Å². The van der Waals surface area contributed by atoms with Crippen LogP contribution in [0.15, 0.2) is 42.5 Å². The molecule has 3 aliphatic rings. The molecule has 2 heterocycles. The van der Waals surface area contributed by atoms with Crippen LogP contribution in [0.1, 0.15) is 35.6 Å². The number of piperidine rings is 1. The Morgan fingerprint density at radius 1 is 0.963 bits per heavy atom. The minimum absolute atomic E-state index is 0.0937. The zero-order valence-electron chi connectivity index (χ0n) is 15.3. The molecule has 1 saturated heterocycles. The standard InChI is InChI=1S/C22H25NO4/c24-20-16-5-2-1-4-15(16)14-18(20)23-10-8-22(25,9-11-23)17-6-3-7-19-21(17)27-13-12-26-19/h1-7,18,20,24-25H,8-14H2. The molecule has 27 heavy (non-hydrogen) atoms. The van der Waals surface area contributed by atoms with Crippen molar-refractivity contribution >= 4 is 0 Å². The maximum absolute atomic E-state index is 11.4. The van der Waals surface area contributed by atoms with Crippen molar-refractivity contribution in [3.8, 4) is 11.5 Å². The Kier molecular flexibility index (Phi) is 4.11. The van der Waals surface area contributed by atoms with Crippen molar-refractivity contribution in [2.75, 3.05) is 26.3 Å². The Morgan fingerprint density at radius 3 is 2.56 bits per heavy atom. The van der Waals surface area contributed by atoms with Crippen LogP contribution in [-0.4, -0.2) is 47.5 Å². The van der Waals surface area contributed by atoms with Crippen LogP contribution < -0.4 is 9.47 Å². The first-order valence-corrected chi connectivity index (χ1v) is 9.77. The lowest BCUT2D eigenvalue weighted by Crippen LogP contribution is -2.48. The van der Waals surface area contributed by atoms with Crippen molar-refractivity contribution in [3.63, 3.8) is 0 Å². The molecule has 142 valence electrons. The lowest BCUT2D eigenvalue weighted by molar-refractivity contribution is -0.0522. The Bertz CT molecular complexity index is 844. The molecule has 2 N–H and O–H groups in total. The highest BCUT2D eigenvalue weighted by Crippen LogP contribution is 2.45. The van der Waals surface area contributed by atoms with Gasteiger partial charge in [0.05, 0.1) is 11.7 Å². The van der Waals surface area contributed by atoms with Crippen LogP contribution in [0.3, 0.4) is 0 Å². The van der Waals surface area contributed by atoms with Crippen LogP contribution in [-0.2, 0) is 12.0 Å². The topological polar surface area (TPSA) is 62.2 Å². The molecular formula is C22H25NO4. The number of para-hydroxylation sites is 1. The van der Waals surface area contributed by atoms with Gasteiger partial charge in [0.25, 0.3) is 0 Å². The molecule has 2 unspecified atom stereocenters. The Hall–Kier alpha value is -2.08. The van der Waals surface area contributed by atoms with Gasteiger partial charge in [0.2, 0.25) is 0 Å². The molecule has 5 nitrogen and oxygen atoms in total. The molecule has 0 amide bonds. The van der Waals surface area contributed by atoms with E-state index in [1.54, 1.807) is 0 Å². The average Bonchev–Trinajstić information content (AvgIpc) is 3.05. The van der Waals surface area contributed by atoms with Gasteiger partial charge in [-0.05, 0) is 36.5 Å². The number of ether oxygens (including phenoxy) is 2. The van der Waals surface area contributed by atoms with E-state index in [0.29, 0.717) is 31.8 Å². The molecule has 0 aromatic heterocycles. The van der Waals surface area contributed by atoms with Crippen molar-refractivity contribution in [2.45, 2.75) is 37.0 Å². The van der Waals surface area contributed by atoms with Crippen molar-refractivity contribution in [3.05, 3.63) is 59.2 Å². The summed E-state index contributed by atoms with van der Waals surface area (Å²) in [5.41, 5.74) is 2.19. The predicted octanol–water partition coefficient (Wildman–Crippen LogP) is 2.40. The molecule has 2 aromatic rings. The molecule has 2 aromatic carbocycles. The molecule has 1 fully saturated rings. The van der Waals surface area contributed by atoms with Crippen LogP contribution in [0.25, 0.3) is 0 Å². The number of fused-ring (bicyclic) bond motifs is 2. The van der Waals surface area contributed by atoms with Crippen molar-refractivity contribution in [1.29, 1.82) is 0 Å². The van der Waals surface area contributed by atoms with Gasteiger partial charge in [-0.2, -0.15) is 0 Å². The molecular weight excluding hydrogens is 342 g/mol.